The molecule has 1 amide bonds. The summed E-state index contributed by atoms with van der Waals surface area (Å²) >= 11 is 0. The third-order valence-electron chi connectivity index (χ3n) is 3.92. The number of carbonyl (C=O) groups is 1. The molecule has 0 bridgehead atoms. The molecule has 0 aliphatic carbocycles. The molecule has 110 valence electrons. The summed E-state index contributed by atoms with van der Waals surface area (Å²) in [6.45, 7) is 4.05. The van der Waals surface area contributed by atoms with Crippen LogP contribution in [0.3, 0.4) is 0 Å². The summed E-state index contributed by atoms with van der Waals surface area (Å²) in [6, 6.07) is 7.79. The topological polar surface area (TPSA) is 50.4 Å². The highest BCUT2D eigenvalue weighted by molar-refractivity contribution is 5.76. The lowest BCUT2D eigenvalue weighted by Crippen LogP contribution is -2.33. The summed E-state index contributed by atoms with van der Waals surface area (Å²) < 4.78 is 5.34. The molecule has 1 unspecified atom stereocenters. The highest BCUT2D eigenvalue weighted by atomic mass is 16.5. The summed E-state index contributed by atoms with van der Waals surface area (Å²) in [5.74, 6) is 1.47. The van der Waals surface area contributed by atoms with Crippen LogP contribution in [-0.2, 0) is 4.79 Å². The van der Waals surface area contributed by atoms with Gasteiger partial charge in [-0.2, -0.15) is 0 Å². The first-order valence-electron chi connectivity index (χ1n) is 7.33. The SMILES string of the molecule is COc1ccccc1C(C)NC(=O)CC1CCNCC1. The number of carbonyl (C=O) groups excluding carboxylic acids is 1. The van der Waals surface area contributed by atoms with Crippen LogP contribution in [0.15, 0.2) is 24.3 Å². The van der Waals surface area contributed by atoms with Gasteiger partial charge in [0, 0.05) is 12.0 Å². The molecule has 0 aromatic heterocycles. The summed E-state index contributed by atoms with van der Waals surface area (Å²) in [6.07, 6.45) is 2.81. The van der Waals surface area contributed by atoms with Crippen LogP contribution in [-0.4, -0.2) is 26.1 Å². The van der Waals surface area contributed by atoms with Crippen molar-refractivity contribution in [1.82, 2.24) is 10.6 Å². The smallest absolute Gasteiger partial charge is 0.220 e. The minimum atomic E-state index is -0.0274. The Balaban J connectivity index is 1.89. The highest BCUT2D eigenvalue weighted by Crippen LogP contribution is 2.25. The van der Waals surface area contributed by atoms with E-state index in [0.29, 0.717) is 12.3 Å². The fourth-order valence-electron chi connectivity index (χ4n) is 2.75. The Bertz CT molecular complexity index is 442. The predicted octanol–water partition coefficient (Wildman–Crippen LogP) is 2.26. The average molecular weight is 276 g/mol. The molecule has 4 heteroatoms. The fourth-order valence-corrected chi connectivity index (χ4v) is 2.75. The molecule has 1 aromatic rings. The second-order valence-corrected chi connectivity index (χ2v) is 5.43. The summed E-state index contributed by atoms with van der Waals surface area (Å²) in [5, 5.41) is 6.40. The van der Waals surface area contributed by atoms with Gasteiger partial charge in [0.05, 0.1) is 13.2 Å². The van der Waals surface area contributed by atoms with Gasteiger partial charge in [-0.25, -0.2) is 0 Å². The highest BCUT2D eigenvalue weighted by Gasteiger charge is 2.19. The van der Waals surface area contributed by atoms with Gasteiger partial charge in [0.2, 0.25) is 5.91 Å². The van der Waals surface area contributed by atoms with E-state index in [1.165, 1.54) is 0 Å². The first-order valence-corrected chi connectivity index (χ1v) is 7.33. The van der Waals surface area contributed by atoms with Crippen LogP contribution in [0.25, 0.3) is 0 Å². The van der Waals surface area contributed by atoms with Gasteiger partial charge in [0.25, 0.3) is 0 Å². The quantitative estimate of drug-likeness (QED) is 0.867. The number of benzene rings is 1. The Hall–Kier alpha value is -1.55. The van der Waals surface area contributed by atoms with E-state index in [0.717, 1.165) is 37.2 Å². The number of methoxy groups -OCH3 is 1. The second kappa shape index (κ2) is 7.29. The number of ether oxygens (including phenoxy) is 1. The Morgan fingerprint density at radius 1 is 1.40 bits per heavy atom. The molecular formula is C16H24N2O2. The Morgan fingerprint density at radius 3 is 2.80 bits per heavy atom. The number of amides is 1. The van der Waals surface area contributed by atoms with Crippen LogP contribution in [0.4, 0.5) is 0 Å². The zero-order valence-corrected chi connectivity index (χ0v) is 12.3. The van der Waals surface area contributed by atoms with Crippen molar-refractivity contribution in [2.24, 2.45) is 5.92 Å². The van der Waals surface area contributed by atoms with Gasteiger partial charge in [-0.3, -0.25) is 4.79 Å². The van der Waals surface area contributed by atoms with Crippen LogP contribution in [0.1, 0.15) is 37.8 Å². The van der Waals surface area contributed by atoms with Crippen molar-refractivity contribution in [2.75, 3.05) is 20.2 Å². The number of para-hydroxylation sites is 1. The molecular weight excluding hydrogens is 252 g/mol. The lowest BCUT2D eigenvalue weighted by molar-refractivity contribution is -0.122. The van der Waals surface area contributed by atoms with Crippen molar-refractivity contribution < 1.29 is 9.53 Å². The van der Waals surface area contributed by atoms with E-state index >= 15 is 0 Å². The second-order valence-electron chi connectivity index (χ2n) is 5.43. The first-order chi connectivity index (χ1) is 9.70. The maximum absolute atomic E-state index is 12.1. The Labute approximate surface area is 120 Å². The molecule has 2 rings (SSSR count). The lowest BCUT2D eigenvalue weighted by atomic mass is 9.94. The van der Waals surface area contributed by atoms with Gasteiger partial charge in [0.15, 0.2) is 0 Å². The predicted molar refractivity (Wildman–Crippen MR) is 79.8 cm³/mol. The molecule has 1 heterocycles. The molecule has 1 aliphatic heterocycles. The minimum Gasteiger partial charge on any atom is -0.496 e. The van der Waals surface area contributed by atoms with Crippen molar-refractivity contribution in [3.63, 3.8) is 0 Å². The van der Waals surface area contributed by atoms with Crippen molar-refractivity contribution in [3.05, 3.63) is 29.8 Å². The van der Waals surface area contributed by atoms with Crippen molar-refractivity contribution in [2.45, 2.75) is 32.2 Å². The largest absolute Gasteiger partial charge is 0.496 e. The van der Waals surface area contributed by atoms with E-state index in [2.05, 4.69) is 10.6 Å². The van der Waals surface area contributed by atoms with Crippen LogP contribution < -0.4 is 15.4 Å². The number of piperidine rings is 1. The molecule has 2 N–H and O–H groups in total. The molecule has 4 nitrogen and oxygen atoms in total. The van der Waals surface area contributed by atoms with Gasteiger partial charge < -0.3 is 15.4 Å². The van der Waals surface area contributed by atoms with Crippen molar-refractivity contribution in [3.8, 4) is 5.75 Å². The minimum absolute atomic E-state index is 0.0274. The molecule has 20 heavy (non-hydrogen) atoms. The van der Waals surface area contributed by atoms with Crippen molar-refractivity contribution in [1.29, 1.82) is 0 Å². The maximum Gasteiger partial charge on any atom is 0.220 e. The van der Waals surface area contributed by atoms with Crippen LogP contribution in [0.2, 0.25) is 0 Å². The number of rotatable bonds is 5. The summed E-state index contributed by atoms with van der Waals surface area (Å²) in [4.78, 5) is 12.1. The Morgan fingerprint density at radius 2 is 2.10 bits per heavy atom. The van der Waals surface area contributed by atoms with Gasteiger partial charge in [-0.1, -0.05) is 18.2 Å². The Kier molecular flexibility index (Phi) is 5.41. The van der Waals surface area contributed by atoms with Gasteiger partial charge in [-0.05, 0) is 44.8 Å². The summed E-state index contributed by atoms with van der Waals surface area (Å²) in [5.41, 5.74) is 1.02. The van der Waals surface area contributed by atoms with E-state index in [9.17, 15) is 4.79 Å². The molecule has 1 atom stereocenters. The summed E-state index contributed by atoms with van der Waals surface area (Å²) in [7, 11) is 1.66. The molecule has 1 fully saturated rings. The van der Waals surface area contributed by atoms with E-state index in [1.54, 1.807) is 7.11 Å². The zero-order chi connectivity index (χ0) is 14.4. The standard InChI is InChI=1S/C16H24N2O2/c1-12(14-5-3-4-6-15(14)20-2)18-16(19)11-13-7-9-17-10-8-13/h3-6,12-13,17H,7-11H2,1-2H3,(H,18,19). The number of hydrogen-bond donors (Lipinski definition) is 2. The van der Waals surface area contributed by atoms with E-state index in [-0.39, 0.29) is 11.9 Å². The molecule has 1 saturated heterocycles. The average Bonchev–Trinajstić information content (AvgIpc) is 2.48. The van der Waals surface area contributed by atoms with E-state index in [1.807, 2.05) is 31.2 Å². The lowest BCUT2D eigenvalue weighted by Gasteiger charge is -2.23. The third kappa shape index (κ3) is 3.97. The normalized spacial score (nSPS) is 17.5. The third-order valence-corrected chi connectivity index (χ3v) is 3.92. The van der Waals surface area contributed by atoms with Gasteiger partial charge >= 0.3 is 0 Å². The molecule has 1 aromatic carbocycles. The first kappa shape index (κ1) is 14.9. The monoisotopic (exact) mass is 276 g/mol. The molecule has 0 saturated carbocycles. The maximum atomic E-state index is 12.1. The zero-order valence-electron chi connectivity index (χ0n) is 12.3. The van der Waals surface area contributed by atoms with Crippen LogP contribution in [0.5, 0.6) is 5.75 Å². The fraction of sp³-hybridized carbons (Fsp3) is 0.562. The van der Waals surface area contributed by atoms with Gasteiger partial charge in [0.1, 0.15) is 5.75 Å². The molecule has 0 radical (unpaired) electrons. The van der Waals surface area contributed by atoms with Gasteiger partial charge in [-0.15, -0.1) is 0 Å². The van der Waals surface area contributed by atoms with Crippen LogP contribution >= 0.6 is 0 Å². The van der Waals surface area contributed by atoms with Crippen LogP contribution in [0, 0.1) is 5.92 Å². The number of hydrogen-bond acceptors (Lipinski definition) is 3. The van der Waals surface area contributed by atoms with E-state index in [4.69, 9.17) is 4.74 Å². The van der Waals surface area contributed by atoms with E-state index < -0.39 is 0 Å². The number of nitrogens with one attached hydrogen (secondary N) is 2. The molecule has 0 spiro atoms. The van der Waals surface area contributed by atoms with Crippen molar-refractivity contribution >= 4 is 5.91 Å². The molecule has 1 aliphatic rings.